The normalized spacial score (nSPS) is 16.7. The molecule has 6 nitrogen and oxygen atoms in total. The maximum Gasteiger partial charge on any atom is 0.191 e. The van der Waals surface area contributed by atoms with E-state index in [9.17, 15) is 0 Å². The van der Waals surface area contributed by atoms with E-state index >= 15 is 0 Å². The molecule has 18 heavy (non-hydrogen) atoms. The van der Waals surface area contributed by atoms with E-state index in [1.165, 1.54) is 0 Å². The van der Waals surface area contributed by atoms with Gasteiger partial charge in [0.2, 0.25) is 0 Å². The first-order valence-corrected chi connectivity index (χ1v) is 5.91. The van der Waals surface area contributed by atoms with Crippen LogP contribution in [0.2, 0.25) is 0 Å². The van der Waals surface area contributed by atoms with Gasteiger partial charge in [-0.1, -0.05) is 0 Å². The number of hydrogen-bond donors (Lipinski definition) is 1. The summed E-state index contributed by atoms with van der Waals surface area (Å²) in [4.78, 5) is 10.6. The monoisotopic (exact) mass is 250 g/mol. The van der Waals surface area contributed by atoms with Crippen molar-refractivity contribution in [3.63, 3.8) is 0 Å². The van der Waals surface area contributed by atoms with Crippen LogP contribution >= 0.6 is 0 Å². The summed E-state index contributed by atoms with van der Waals surface area (Å²) >= 11 is 0. The lowest BCUT2D eigenvalue weighted by molar-refractivity contribution is 0.0674. The van der Waals surface area contributed by atoms with E-state index in [1.54, 1.807) is 13.3 Å². The van der Waals surface area contributed by atoms with Crippen molar-refractivity contribution < 1.29 is 9.47 Å². The Bertz CT molecular complexity index is 416. The standard InChI is InChI=1S/C12H18N4O2/c1-17-11-3-2-4-14-10(11)9-15-12(13)16-5-7-18-8-6-16/h2-4H,5-9H2,1H3,(H2,13,15). The summed E-state index contributed by atoms with van der Waals surface area (Å²) in [5.74, 6) is 1.27. The molecule has 1 fully saturated rings. The van der Waals surface area contributed by atoms with E-state index in [-0.39, 0.29) is 0 Å². The molecule has 0 aliphatic carbocycles. The quantitative estimate of drug-likeness (QED) is 0.614. The van der Waals surface area contributed by atoms with Crippen LogP contribution in [0.4, 0.5) is 0 Å². The van der Waals surface area contributed by atoms with Crippen molar-refractivity contribution in [3.05, 3.63) is 24.0 Å². The van der Waals surface area contributed by atoms with Crippen molar-refractivity contribution >= 4 is 5.96 Å². The van der Waals surface area contributed by atoms with Gasteiger partial charge >= 0.3 is 0 Å². The molecule has 0 aromatic carbocycles. The molecule has 1 aliphatic heterocycles. The molecule has 0 unspecified atom stereocenters. The number of nitrogens with zero attached hydrogens (tertiary/aromatic N) is 3. The molecule has 2 N–H and O–H groups in total. The molecule has 1 aliphatic rings. The molecule has 1 aromatic rings. The Morgan fingerprint density at radius 2 is 2.33 bits per heavy atom. The van der Waals surface area contributed by atoms with Gasteiger partial charge in [-0.05, 0) is 12.1 Å². The molecule has 2 rings (SSSR count). The molecule has 1 aromatic heterocycles. The first-order valence-electron chi connectivity index (χ1n) is 5.91. The Morgan fingerprint density at radius 1 is 1.56 bits per heavy atom. The van der Waals surface area contributed by atoms with E-state index in [2.05, 4.69) is 9.98 Å². The van der Waals surface area contributed by atoms with E-state index in [0.29, 0.717) is 25.7 Å². The Kier molecular flexibility index (Phi) is 4.35. The number of pyridine rings is 1. The Balaban J connectivity index is 2.00. The second kappa shape index (κ2) is 6.20. The highest BCUT2D eigenvalue weighted by atomic mass is 16.5. The Morgan fingerprint density at radius 3 is 3.06 bits per heavy atom. The van der Waals surface area contributed by atoms with Gasteiger partial charge in [-0.3, -0.25) is 4.98 Å². The smallest absolute Gasteiger partial charge is 0.191 e. The molecule has 1 saturated heterocycles. The number of aliphatic imine (C=N–C) groups is 1. The molecule has 0 amide bonds. The van der Waals surface area contributed by atoms with Crippen molar-refractivity contribution in [2.75, 3.05) is 33.4 Å². The zero-order chi connectivity index (χ0) is 12.8. The largest absolute Gasteiger partial charge is 0.495 e. The van der Waals surface area contributed by atoms with Gasteiger partial charge in [0, 0.05) is 19.3 Å². The van der Waals surface area contributed by atoms with Crippen LogP contribution in [0.15, 0.2) is 23.3 Å². The number of ether oxygens (including phenoxy) is 2. The highest BCUT2D eigenvalue weighted by molar-refractivity contribution is 5.78. The fraction of sp³-hybridized carbons (Fsp3) is 0.500. The molecular formula is C12H18N4O2. The number of aromatic nitrogens is 1. The summed E-state index contributed by atoms with van der Waals surface area (Å²) in [6, 6.07) is 3.69. The topological polar surface area (TPSA) is 73.0 Å². The highest BCUT2D eigenvalue weighted by Gasteiger charge is 2.12. The SMILES string of the molecule is COc1cccnc1CN=C(N)N1CCOCC1. The van der Waals surface area contributed by atoms with E-state index in [4.69, 9.17) is 15.2 Å². The van der Waals surface area contributed by atoms with Crippen LogP contribution in [0.3, 0.4) is 0 Å². The van der Waals surface area contributed by atoms with Crippen LogP contribution < -0.4 is 10.5 Å². The summed E-state index contributed by atoms with van der Waals surface area (Å²) in [5, 5.41) is 0. The van der Waals surface area contributed by atoms with Crippen molar-refractivity contribution in [2.24, 2.45) is 10.7 Å². The molecule has 0 bridgehead atoms. The fourth-order valence-corrected chi connectivity index (χ4v) is 1.78. The highest BCUT2D eigenvalue weighted by Crippen LogP contribution is 2.15. The van der Waals surface area contributed by atoms with Gasteiger partial charge in [0.1, 0.15) is 11.4 Å². The van der Waals surface area contributed by atoms with Crippen LogP contribution in [0, 0.1) is 0 Å². The van der Waals surface area contributed by atoms with Crippen LogP contribution in [0.1, 0.15) is 5.69 Å². The second-order valence-corrected chi connectivity index (χ2v) is 3.93. The number of guanidine groups is 1. The Labute approximate surface area is 106 Å². The van der Waals surface area contributed by atoms with Crippen molar-refractivity contribution in [1.29, 1.82) is 0 Å². The first kappa shape index (κ1) is 12.6. The third-order valence-corrected chi connectivity index (χ3v) is 2.79. The van der Waals surface area contributed by atoms with Gasteiger partial charge in [-0.2, -0.15) is 0 Å². The second-order valence-electron chi connectivity index (χ2n) is 3.93. The summed E-state index contributed by atoms with van der Waals surface area (Å²) in [6.07, 6.45) is 1.72. The van der Waals surface area contributed by atoms with Crippen LogP contribution in [0.5, 0.6) is 5.75 Å². The number of rotatable bonds is 3. The lowest BCUT2D eigenvalue weighted by atomic mass is 10.3. The number of morpholine rings is 1. The van der Waals surface area contributed by atoms with E-state index in [1.807, 2.05) is 17.0 Å². The minimum atomic E-state index is 0.424. The van der Waals surface area contributed by atoms with E-state index in [0.717, 1.165) is 24.5 Å². The maximum absolute atomic E-state index is 5.94. The van der Waals surface area contributed by atoms with Gasteiger partial charge < -0.3 is 20.1 Å². The summed E-state index contributed by atoms with van der Waals surface area (Å²) in [5.41, 5.74) is 6.73. The summed E-state index contributed by atoms with van der Waals surface area (Å²) < 4.78 is 10.5. The summed E-state index contributed by atoms with van der Waals surface area (Å²) in [7, 11) is 1.62. The third-order valence-electron chi connectivity index (χ3n) is 2.79. The molecule has 0 radical (unpaired) electrons. The average Bonchev–Trinajstić information content (AvgIpc) is 2.46. The van der Waals surface area contributed by atoms with Crippen LogP contribution in [-0.4, -0.2) is 49.3 Å². The van der Waals surface area contributed by atoms with Gasteiger partial charge in [-0.15, -0.1) is 0 Å². The number of nitrogens with two attached hydrogens (primary N) is 1. The minimum Gasteiger partial charge on any atom is -0.495 e. The van der Waals surface area contributed by atoms with Crippen LogP contribution in [0.25, 0.3) is 0 Å². The van der Waals surface area contributed by atoms with Crippen molar-refractivity contribution in [3.8, 4) is 5.75 Å². The van der Waals surface area contributed by atoms with Gasteiger partial charge in [-0.25, -0.2) is 4.99 Å². The van der Waals surface area contributed by atoms with E-state index < -0.39 is 0 Å². The molecule has 6 heteroatoms. The number of hydrogen-bond acceptors (Lipinski definition) is 4. The van der Waals surface area contributed by atoms with Crippen molar-refractivity contribution in [1.82, 2.24) is 9.88 Å². The molecule has 0 saturated carbocycles. The zero-order valence-electron chi connectivity index (χ0n) is 10.5. The molecule has 98 valence electrons. The first-order chi connectivity index (χ1) is 8.81. The third kappa shape index (κ3) is 3.10. The molecular weight excluding hydrogens is 232 g/mol. The summed E-state index contributed by atoms with van der Waals surface area (Å²) in [6.45, 7) is 3.39. The van der Waals surface area contributed by atoms with Crippen molar-refractivity contribution in [2.45, 2.75) is 6.54 Å². The predicted octanol–water partition coefficient (Wildman–Crippen LogP) is 0.237. The minimum absolute atomic E-state index is 0.424. The Hall–Kier alpha value is -1.82. The molecule has 0 spiro atoms. The molecule has 0 atom stereocenters. The zero-order valence-corrected chi connectivity index (χ0v) is 10.5. The maximum atomic E-state index is 5.94. The fourth-order valence-electron chi connectivity index (χ4n) is 1.78. The molecule has 2 heterocycles. The van der Waals surface area contributed by atoms with Gasteiger partial charge in [0.05, 0.1) is 26.9 Å². The predicted molar refractivity (Wildman–Crippen MR) is 68.5 cm³/mol. The average molecular weight is 250 g/mol. The lowest BCUT2D eigenvalue weighted by Gasteiger charge is -2.27. The number of methoxy groups -OCH3 is 1. The van der Waals surface area contributed by atoms with Gasteiger partial charge in [0.25, 0.3) is 0 Å². The van der Waals surface area contributed by atoms with Gasteiger partial charge in [0.15, 0.2) is 5.96 Å². The van der Waals surface area contributed by atoms with Crippen LogP contribution in [-0.2, 0) is 11.3 Å². The lowest BCUT2D eigenvalue weighted by Crippen LogP contribution is -2.44.